The molecule has 0 bridgehead atoms. The SMILES string of the molecule is CC(C)(C)OC(=O)C[S+](O)c1ccc(O)cc1. The molecule has 1 aromatic rings. The fraction of sp³-hybridized carbons (Fsp3) is 0.417. The minimum Gasteiger partial charge on any atom is -0.508 e. The van der Waals surface area contributed by atoms with Crippen molar-refractivity contribution in [1.82, 2.24) is 0 Å². The van der Waals surface area contributed by atoms with E-state index in [9.17, 15) is 9.35 Å². The third-order valence-corrected chi connectivity index (χ3v) is 3.11. The van der Waals surface area contributed by atoms with Gasteiger partial charge in [-0.05, 0) is 32.9 Å². The normalized spacial score (nSPS) is 13.2. The molecular weight excluding hydrogens is 240 g/mol. The molecule has 0 aliphatic carbocycles. The number of esters is 1. The van der Waals surface area contributed by atoms with E-state index in [1.54, 1.807) is 32.9 Å². The van der Waals surface area contributed by atoms with Crippen LogP contribution in [0, 0.1) is 0 Å². The summed E-state index contributed by atoms with van der Waals surface area (Å²) in [4.78, 5) is 12.1. The van der Waals surface area contributed by atoms with E-state index in [4.69, 9.17) is 9.84 Å². The molecule has 4 nitrogen and oxygen atoms in total. The summed E-state index contributed by atoms with van der Waals surface area (Å²) < 4.78 is 14.9. The lowest BCUT2D eigenvalue weighted by molar-refractivity contribution is -0.151. The maximum absolute atomic E-state index is 11.5. The average Bonchev–Trinajstić information content (AvgIpc) is 2.15. The number of hydrogen-bond acceptors (Lipinski definition) is 4. The second-order valence-electron chi connectivity index (χ2n) is 4.59. The molecule has 0 saturated heterocycles. The van der Waals surface area contributed by atoms with E-state index in [1.807, 2.05) is 0 Å². The highest BCUT2D eigenvalue weighted by Crippen LogP contribution is 2.17. The van der Waals surface area contributed by atoms with Crippen molar-refractivity contribution in [1.29, 1.82) is 0 Å². The van der Waals surface area contributed by atoms with Crippen LogP contribution in [0.25, 0.3) is 0 Å². The fourth-order valence-corrected chi connectivity index (χ4v) is 2.07. The number of rotatable bonds is 3. The average molecular weight is 257 g/mol. The van der Waals surface area contributed by atoms with Gasteiger partial charge >= 0.3 is 5.97 Å². The van der Waals surface area contributed by atoms with Gasteiger partial charge in [0.1, 0.15) is 11.4 Å². The monoisotopic (exact) mass is 257 g/mol. The molecule has 0 fully saturated rings. The highest BCUT2D eigenvalue weighted by atomic mass is 32.2. The molecule has 1 atom stereocenters. The smallest absolute Gasteiger partial charge is 0.360 e. The molecule has 1 aromatic carbocycles. The molecule has 0 aliphatic rings. The second kappa shape index (κ2) is 5.42. The van der Waals surface area contributed by atoms with Crippen molar-refractivity contribution in [3.8, 4) is 5.75 Å². The summed E-state index contributed by atoms with van der Waals surface area (Å²) in [6.07, 6.45) is 0. The Kier molecular flexibility index (Phi) is 4.42. The van der Waals surface area contributed by atoms with E-state index in [0.29, 0.717) is 4.90 Å². The molecule has 94 valence electrons. The Morgan fingerprint density at radius 3 is 2.29 bits per heavy atom. The molecule has 0 heterocycles. The minimum absolute atomic E-state index is 0.0674. The number of hydrogen-bond donors (Lipinski definition) is 2. The summed E-state index contributed by atoms with van der Waals surface area (Å²) in [5.41, 5.74) is -0.545. The standard InChI is InChI=1S/C12H16O4S/c1-12(2,3)16-11(14)8-17(15)10-6-4-9(13)5-7-10/h4-7,15H,8H2,1-3H3/p+1. The molecule has 0 radical (unpaired) electrons. The van der Waals surface area contributed by atoms with Crippen molar-refractivity contribution in [2.45, 2.75) is 31.3 Å². The molecule has 0 aliphatic heterocycles. The Morgan fingerprint density at radius 2 is 1.82 bits per heavy atom. The number of carbonyl (C=O) groups is 1. The van der Waals surface area contributed by atoms with Gasteiger partial charge in [-0.15, -0.1) is 0 Å². The van der Waals surface area contributed by atoms with Crippen LogP contribution in [0.1, 0.15) is 20.8 Å². The van der Waals surface area contributed by atoms with E-state index >= 15 is 0 Å². The van der Waals surface area contributed by atoms with Gasteiger partial charge in [0, 0.05) is 12.1 Å². The van der Waals surface area contributed by atoms with Gasteiger partial charge in [-0.25, -0.2) is 4.79 Å². The topological polar surface area (TPSA) is 66.8 Å². The van der Waals surface area contributed by atoms with Crippen LogP contribution in [0.3, 0.4) is 0 Å². The molecule has 0 aromatic heterocycles. The second-order valence-corrected chi connectivity index (χ2v) is 6.08. The largest absolute Gasteiger partial charge is 0.508 e. The lowest BCUT2D eigenvalue weighted by Crippen LogP contribution is -2.28. The van der Waals surface area contributed by atoms with Crippen LogP contribution >= 0.6 is 0 Å². The van der Waals surface area contributed by atoms with E-state index < -0.39 is 22.7 Å². The highest BCUT2D eigenvalue weighted by Gasteiger charge is 2.28. The van der Waals surface area contributed by atoms with Crippen molar-refractivity contribution in [3.05, 3.63) is 24.3 Å². The lowest BCUT2D eigenvalue weighted by atomic mass is 10.2. The first-order valence-corrected chi connectivity index (χ1v) is 6.54. The van der Waals surface area contributed by atoms with Gasteiger partial charge < -0.3 is 9.84 Å². The zero-order valence-electron chi connectivity index (χ0n) is 10.1. The third-order valence-electron chi connectivity index (χ3n) is 1.78. The summed E-state index contributed by atoms with van der Waals surface area (Å²) in [6, 6.07) is 6.12. The van der Waals surface area contributed by atoms with E-state index in [2.05, 4.69) is 0 Å². The van der Waals surface area contributed by atoms with Crippen LogP contribution in [0.4, 0.5) is 0 Å². The summed E-state index contributed by atoms with van der Waals surface area (Å²) >= 11 is -1.19. The Morgan fingerprint density at radius 1 is 1.29 bits per heavy atom. The van der Waals surface area contributed by atoms with Crippen molar-refractivity contribution < 1.29 is 19.2 Å². The number of aromatic hydroxyl groups is 1. The van der Waals surface area contributed by atoms with Gasteiger partial charge in [0.2, 0.25) is 5.75 Å². The zero-order valence-corrected chi connectivity index (χ0v) is 11.0. The predicted octanol–water partition coefficient (Wildman–Crippen LogP) is 2.18. The van der Waals surface area contributed by atoms with Crippen molar-refractivity contribution in [3.63, 3.8) is 0 Å². The molecule has 17 heavy (non-hydrogen) atoms. The van der Waals surface area contributed by atoms with E-state index in [1.165, 1.54) is 12.1 Å². The highest BCUT2D eigenvalue weighted by molar-refractivity contribution is 7.92. The van der Waals surface area contributed by atoms with E-state index in [0.717, 1.165) is 0 Å². The lowest BCUT2D eigenvalue weighted by Gasteiger charge is -2.18. The van der Waals surface area contributed by atoms with Crippen LogP contribution in [0.15, 0.2) is 29.2 Å². The van der Waals surface area contributed by atoms with Crippen LogP contribution < -0.4 is 0 Å². The molecule has 0 spiro atoms. The van der Waals surface area contributed by atoms with Crippen LogP contribution in [0.2, 0.25) is 0 Å². The molecule has 2 N–H and O–H groups in total. The maximum atomic E-state index is 11.5. The third kappa shape index (κ3) is 5.10. The molecule has 5 heteroatoms. The predicted molar refractivity (Wildman–Crippen MR) is 67.1 cm³/mol. The van der Waals surface area contributed by atoms with Gasteiger partial charge in [0.15, 0.2) is 16.1 Å². The molecular formula is C12H17O4S+. The Labute approximate surface area is 104 Å². The summed E-state index contributed by atoms with van der Waals surface area (Å²) in [5.74, 6) is -0.374. The number of ether oxygens (including phenoxy) is 1. The summed E-state index contributed by atoms with van der Waals surface area (Å²) in [7, 11) is 0. The van der Waals surface area contributed by atoms with Crippen molar-refractivity contribution in [2.75, 3.05) is 5.75 Å². The number of carbonyl (C=O) groups excluding carboxylic acids is 1. The van der Waals surface area contributed by atoms with Crippen LogP contribution in [-0.4, -0.2) is 27.0 Å². The minimum atomic E-state index is -1.19. The van der Waals surface area contributed by atoms with Crippen LogP contribution in [-0.2, 0) is 20.7 Å². The zero-order chi connectivity index (χ0) is 13.1. The first kappa shape index (κ1) is 13.9. The first-order valence-electron chi connectivity index (χ1n) is 5.19. The molecule has 0 saturated carbocycles. The Bertz CT molecular complexity index is 380. The molecule has 1 rings (SSSR count). The Balaban J connectivity index is 2.57. The van der Waals surface area contributed by atoms with Gasteiger partial charge in [0.05, 0.1) is 0 Å². The fourth-order valence-electron chi connectivity index (χ4n) is 1.17. The van der Waals surface area contributed by atoms with Gasteiger partial charge in [0.25, 0.3) is 0 Å². The van der Waals surface area contributed by atoms with Gasteiger partial charge in [-0.1, -0.05) is 0 Å². The molecule has 1 unspecified atom stereocenters. The Hall–Kier alpha value is -1.20. The van der Waals surface area contributed by atoms with Crippen molar-refractivity contribution >= 4 is 17.1 Å². The quantitative estimate of drug-likeness (QED) is 0.643. The number of benzene rings is 1. The molecule has 0 amide bonds. The van der Waals surface area contributed by atoms with Crippen molar-refractivity contribution in [2.24, 2.45) is 0 Å². The van der Waals surface area contributed by atoms with Crippen LogP contribution in [0.5, 0.6) is 5.75 Å². The summed E-state index contributed by atoms with van der Waals surface area (Å²) in [5, 5.41) is 9.10. The van der Waals surface area contributed by atoms with Gasteiger partial charge in [-0.3, -0.25) is 0 Å². The van der Waals surface area contributed by atoms with Gasteiger partial charge in [-0.2, -0.15) is 4.55 Å². The van der Waals surface area contributed by atoms with E-state index in [-0.39, 0.29) is 11.5 Å². The first-order chi connectivity index (χ1) is 7.78. The maximum Gasteiger partial charge on any atom is 0.360 e. The number of phenolic OH excluding ortho intramolecular Hbond substituents is 1. The summed E-state index contributed by atoms with van der Waals surface area (Å²) in [6.45, 7) is 5.34. The number of phenols is 1.